The van der Waals surface area contributed by atoms with Crippen LogP contribution < -0.4 is 10.6 Å². The lowest BCUT2D eigenvalue weighted by Gasteiger charge is -2.08. The smallest absolute Gasteiger partial charge is 0.248 e. The lowest BCUT2D eigenvalue weighted by atomic mass is 10.1. The standard InChI is InChI=1S/C31H27N3O2S/c1-2-34-28-14-7-6-13-26(28)27-20-24(16-17-29(27)34)33-31(36)21-37-25-12-8-11-23(19-25)32-30(35)18-15-22-9-4-3-5-10-22/h3-20H,2,21H2,1H3,(H,32,35)(H,33,36)/b18-15+. The van der Waals surface area contributed by atoms with Gasteiger partial charge in [-0.1, -0.05) is 54.6 Å². The summed E-state index contributed by atoms with van der Waals surface area (Å²) in [7, 11) is 0. The summed E-state index contributed by atoms with van der Waals surface area (Å²) in [5.74, 6) is -0.0209. The average Bonchev–Trinajstić information content (AvgIpc) is 3.24. The van der Waals surface area contributed by atoms with Crippen molar-refractivity contribution in [3.05, 3.63) is 109 Å². The van der Waals surface area contributed by atoms with E-state index in [0.29, 0.717) is 5.69 Å². The van der Waals surface area contributed by atoms with Crippen LogP contribution in [0.25, 0.3) is 27.9 Å². The Kier molecular flexibility index (Phi) is 7.38. The molecule has 184 valence electrons. The Morgan fingerprint density at radius 2 is 1.54 bits per heavy atom. The summed E-state index contributed by atoms with van der Waals surface area (Å²) >= 11 is 1.43. The van der Waals surface area contributed by atoms with Gasteiger partial charge in [0.15, 0.2) is 0 Å². The van der Waals surface area contributed by atoms with Crippen molar-refractivity contribution in [1.82, 2.24) is 4.57 Å². The van der Waals surface area contributed by atoms with Gasteiger partial charge in [0.2, 0.25) is 11.8 Å². The van der Waals surface area contributed by atoms with Gasteiger partial charge in [0.1, 0.15) is 0 Å². The van der Waals surface area contributed by atoms with Crippen LogP contribution in [0.1, 0.15) is 12.5 Å². The summed E-state index contributed by atoms with van der Waals surface area (Å²) in [4.78, 5) is 25.9. The number of hydrogen-bond donors (Lipinski definition) is 2. The molecular weight excluding hydrogens is 478 g/mol. The third-order valence-corrected chi connectivity index (χ3v) is 7.06. The maximum absolute atomic E-state index is 12.7. The fourth-order valence-corrected chi connectivity index (χ4v) is 5.16. The Morgan fingerprint density at radius 1 is 0.784 bits per heavy atom. The Morgan fingerprint density at radius 3 is 2.38 bits per heavy atom. The molecule has 0 radical (unpaired) electrons. The van der Waals surface area contributed by atoms with Gasteiger partial charge in [0.25, 0.3) is 0 Å². The van der Waals surface area contributed by atoms with Gasteiger partial charge in [-0.25, -0.2) is 0 Å². The molecule has 2 N–H and O–H groups in total. The van der Waals surface area contributed by atoms with Crippen molar-refractivity contribution in [3.8, 4) is 0 Å². The summed E-state index contributed by atoms with van der Waals surface area (Å²) in [5.41, 5.74) is 4.78. The van der Waals surface area contributed by atoms with E-state index in [9.17, 15) is 9.59 Å². The van der Waals surface area contributed by atoms with E-state index in [-0.39, 0.29) is 17.6 Å². The molecule has 0 fully saturated rings. The van der Waals surface area contributed by atoms with Crippen molar-refractivity contribution in [3.63, 3.8) is 0 Å². The Bertz CT molecular complexity index is 1610. The first kappa shape index (κ1) is 24.4. The number of nitrogens with one attached hydrogen (secondary N) is 2. The maximum atomic E-state index is 12.7. The summed E-state index contributed by atoms with van der Waals surface area (Å²) in [6.07, 6.45) is 3.28. The highest BCUT2D eigenvalue weighted by atomic mass is 32.2. The molecule has 0 saturated heterocycles. The molecule has 0 saturated carbocycles. The second-order valence-corrected chi connectivity index (χ2v) is 9.64. The molecule has 5 aromatic rings. The van der Waals surface area contributed by atoms with Gasteiger partial charge in [-0.2, -0.15) is 0 Å². The molecule has 6 heteroatoms. The van der Waals surface area contributed by atoms with Gasteiger partial charge in [-0.3, -0.25) is 9.59 Å². The molecular formula is C31H27N3O2S. The van der Waals surface area contributed by atoms with Crippen LogP contribution in [0.15, 0.2) is 108 Å². The van der Waals surface area contributed by atoms with Crippen molar-refractivity contribution < 1.29 is 9.59 Å². The van der Waals surface area contributed by atoms with E-state index in [4.69, 9.17) is 0 Å². The zero-order valence-corrected chi connectivity index (χ0v) is 21.3. The van der Waals surface area contributed by atoms with E-state index in [1.807, 2.05) is 72.8 Å². The van der Waals surface area contributed by atoms with E-state index in [2.05, 4.69) is 46.4 Å². The number of carbonyl (C=O) groups excluding carboxylic acids is 2. The van der Waals surface area contributed by atoms with Crippen LogP contribution in [0.2, 0.25) is 0 Å². The molecule has 0 atom stereocenters. The highest BCUT2D eigenvalue weighted by Crippen LogP contribution is 2.31. The second kappa shape index (κ2) is 11.2. The van der Waals surface area contributed by atoms with Crippen LogP contribution >= 0.6 is 11.8 Å². The first-order valence-electron chi connectivity index (χ1n) is 12.2. The minimum absolute atomic E-state index is 0.0798. The predicted molar refractivity (Wildman–Crippen MR) is 155 cm³/mol. The van der Waals surface area contributed by atoms with Crippen LogP contribution in [0.3, 0.4) is 0 Å². The number of hydrogen-bond acceptors (Lipinski definition) is 3. The number of thioether (sulfide) groups is 1. The molecule has 0 spiro atoms. The van der Waals surface area contributed by atoms with Gasteiger partial charge in [0, 0.05) is 50.7 Å². The Hall–Kier alpha value is -4.29. The van der Waals surface area contributed by atoms with Crippen molar-refractivity contribution >= 4 is 62.8 Å². The van der Waals surface area contributed by atoms with Crippen molar-refractivity contribution in [2.24, 2.45) is 0 Å². The minimum Gasteiger partial charge on any atom is -0.341 e. The number of fused-ring (bicyclic) bond motifs is 3. The highest BCUT2D eigenvalue weighted by Gasteiger charge is 2.11. The van der Waals surface area contributed by atoms with Gasteiger partial charge in [-0.05, 0) is 61.0 Å². The number of carbonyl (C=O) groups is 2. The number of para-hydroxylation sites is 1. The fraction of sp³-hybridized carbons (Fsp3) is 0.0968. The van der Waals surface area contributed by atoms with Crippen molar-refractivity contribution in [2.75, 3.05) is 16.4 Å². The third-order valence-electron chi connectivity index (χ3n) is 6.07. The van der Waals surface area contributed by atoms with Crippen molar-refractivity contribution in [2.45, 2.75) is 18.4 Å². The summed E-state index contributed by atoms with van der Waals surface area (Å²) in [5, 5.41) is 8.22. The molecule has 37 heavy (non-hydrogen) atoms. The monoisotopic (exact) mass is 505 g/mol. The number of amides is 2. The molecule has 2 amide bonds. The molecule has 0 unspecified atom stereocenters. The number of rotatable bonds is 8. The van der Waals surface area contributed by atoms with Gasteiger partial charge < -0.3 is 15.2 Å². The highest BCUT2D eigenvalue weighted by molar-refractivity contribution is 8.00. The number of aryl methyl sites for hydroxylation is 1. The van der Waals surface area contributed by atoms with Crippen LogP contribution in [0.5, 0.6) is 0 Å². The molecule has 5 nitrogen and oxygen atoms in total. The predicted octanol–water partition coefficient (Wildman–Crippen LogP) is 7.20. The van der Waals surface area contributed by atoms with Gasteiger partial charge >= 0.3 is 0 Å². The maximum Gasteiger partial charge on any atom is 0.248 e. The number of benzene rings is 4. The zero-order chi connectivity index (χ0) is 25.6. The molecule has 0 aliphatic heterocycles. The molecule has 4 aromatic carbocycles. The first-order chi connectivity index (χ1) is 18.1. The number of nitrogens with zero attached hydrogens (tertiary/aromatic N) is 1. The fourth-order valence-electron chi connectivity index (χ4n) is 4.40. The molecule has 0 aliphatic carbocycles. The van der Waals surface area contributed by atoms with Gasteiger partial charge in [0.05, 0.1) is 5.75 Å². The molecule has 0 bridgehead atoms. The van der Waals surface area contributed by atoms with Crippen LogP contribution in [0, 0.1) is 0 Å². The first-order valence-corrected chi connectivity index (χ1v) is 13.2. The Labute approximate surface area is 220 Å². The second-order valence-electron chi connectivity index (χ2n) is 8.59. The SMILES string of the molecule is CCn1c2ccccc2c2cc(NC(=O)CSc3cccc(NC(=O)/C=C/c4ccccc4)c3)ccc21. The molecule has 1 heterocycles. The Balaban J connectivity index is 1.20. The van der Waals surface area contributed by atoms with Crippen LogP contribution in [-0.2, 0) is 16.1 Å². The summed E-state index contributed by atoms with van der Waals surface area (Å²) in [6.45, 7) is 3.02. The van der Waals surface area contributed by atoms with Crippen LogP contribution in [-0.4, -0.2) is 22.1 Å². The van der Waals surface area contributed by atoms with E-state index >= 15 is 0 Å². The molecule has 0 aliphatic rings. The van der Waals surface area contributed by atoms with Crippen LogP contribution in [0.4, 0.5) is 11.4 Å². The normalized spacial score (nSPS) is 11.3. The lowest BCUT2D eigenvalue weighted by Crippen LogP contribution is -2.14. The largest absolute Gasteiger partial charge is 0.341 e. The lowest BCUT2D eigenvalue weighted by molar-refractivity contribution is -0.114. The number of aromatic nitrogens is 1. The zero-order valence-electron chi connectivity index (χ0n) is 20.5. The third kappa shape index (κ3) is 5.76. The van der Waals surface area contributed by atoms with E-state index < -0.39 is 0 Å². The van der Waals surface area contributed by atoms with E-state index in [1.54, 1.807) is 6.08 Å². The quantitative estimate of drug-likeness (QED) is 0.173. The van der Waals surface area contributed by atoms with Crippen molar-refractivity contribution in [1.29, 1.82) is 0 Å². The van der Waals surface area contributed by atoms with E-state index in [0.717, 1.165) is 33.6 Å². The van der Waals surface area contributed by atoms with E-state index in [1.165, 1.54) is 28.7 Å². The number of anilines is 2. The molecule has 5 rings (SSSR count). The summed E-state index contributed by atoms with van der Waals surface area (Å²) < 4.78 is 2.29. The summed E-state index contributed by atoms with van der Waals surface area (Å²) in [6, 6.07) is 31.6. The molecule has 1 aromatic heterocycles. The van der Waals surface area contributed by atoms with Gasteiger partial charge in [-0.15, -0.1) is 11.8 Å². The average molecular weight is 506 g/mol. The topological polar surface area (TPSA) is 63.1 Å². The minimum atomic E-state index is -0.205.